The zero-order valence-electron chi connectivity index (χ0n) is 9.76. The third-order valence-corrected chi connectivity index (χ3v) is 6.58. The largest absolute Gasteiger partial charge is 0.145 e. The lowest BCUT2D eigenvalue weighted by atomic mass is 10.4. The molecule has 0 radical (unpaired) electrons. The lowest BCUT2D eigenvalue weighted by Crippen LogP contribution is -2.06. The van der Waals surface area contributed by atoms with Gasteiger partial charge in [-0.1, -0.05) is 34.6 Å². The van der Waals surface area contributed by atoms with E-state index in [0.717, 1.165) is 0 Å². The molecule has 2 heteroatoms. The van der Waals surface area contributed by atoms with Gasteiger partial charge in [0.15, 0.2) is 0 Å². The molecule has 80 valence electrons. The van der Waals surface area contributed by atoms with Gasteiger partial charge in [-0.15, -0.1) is 11.3 Å². The molecule has 1 heterocycles. The van der Waals surface area contributed by atoms with Crippen molar-refractivity contribution in [1.29, 1.82) is 0 Å². The maximum Gasteiger partial charge on any atom is 0.00938 e. The first-order valence-corrected chi connectivity index (χ1v) is 8.03. The van der Waals surface area contributed by atoms with Crippen LogP contribution in [0.3, 0.4) is 0 Å². The summed E-state index contributed by atoms with van der Waals surface area (Å²) in [7, 11) is 0.154. The number of aryl methyl sites for hydroxylation is 2. The van der Waals surface area contributed by atoms with E-state index in [9.17, 15) is 0 Å². The maximum atomic E-state index is 2.43. The second kappa shape index (κ2) is 5.88. The summed E-state index contributed by atoms with van der Waals surface area (Å²) in [4.78, 5) is 3.05. The fourth-order valence-corrected chi connectivity index (χ4v) is 5.87. The van der Waals surface area contributed by atoms with E-state index in [4.69, 9.17) is 0 Å². The first-order chi connectivity index (χ1) is 6.69. The Hall–Kier alpha value is 0.130. The predicted molar refractivity (Wildman–Crippen MR) is 70.7 cm³/mol. The van der Waals surface area contributed by atoms with Crippen LogP contribution in [0.25, 0.3) is 0 Å². The Kier molecular flexibility index (Phi) is 5.12. The summed E-state index contributed by atoms with van der Waals surface area (Å²) >= 11 is 1.97. The van der Waals surface area contributed by atoms with Crippen molar-refractivity contribution in [3.8, 4) is 0 Å². The molecule has 0 amide bonds. The molecule has 0 atom stereocenters. The highest BCUT2D eigenvalue weighted by atomic mass is 32.1. The average Bonchev–Trinajstić information content (AvgIpc) is 2.45. The van der Waals surface area contributed by atoms with Gasteiger partial charge in [0.25, 0.3) is 0 Å². The van der Waals surface area contributed by atoms with Gasteiger partial charge in [0.05, 0.1) is 0 Å². The molecule has 0 saturated heterocycles. The minimum absolute atomic E-state index is 0.154. The lowest BCUT2D eigenvalue weighted by Gasteiger charge is -2.15. The van der Waals surface area contributed by atoms with Crippen molar-refractivity contribution in [1.82, 2.24) is 0 Å². The molecule has 0 fully saturated rings. The molecule has 0 aliphatic rings. The zero-order valence-corrected chi connectivity index (χ0v) is 11.5. The second-order valence-corrected chi connectivity index (χ2v) is 7.70. The molecule has 14 heavy (non-hydrogen) atoms. The van der Waals surface area contributed by atoms with Crippen molar-refractivity contribution in [2.75, 3.05) is 12.3 Å². The molecule has 0 nitrogen and oxygen atoms in total. The van der Waals surface area contributed by atoms with Crippen LogP contribution in [0, 0.1) is 13.8 Å². The van der Waals surface area contributed by atoms with Gasteiger partial charge in [-0.05, 0) is 37.5 Å². The number of thiophene rings is 1. The van der Waals surface area contributed by atoms with Crippen molar-refractivity contribution >= 4 is 24.6 Å². The van der Waals surface area contributed by atoms with Crippen LogP contribution < -0.4 is 5.30 Å². The molecule has 0 aromatic carbocycles. The van der Waals surface area contributed by atoms with Crippen molar-refractivity contribution in [2.24, 2.45) is 0 Å². The third kappa shape index (κ3) is 3.07. The van der Waals surface area contributed by atoms with Gasteiger partial charge >= 0.3 is 0 Å². The molecular weight excluding hydrogens is 207 g/mol. The smallest absolute Gasteiger partial charge is 0.00938 e. The fraction of sp³-hybridized carbons (Fsp3) is 0.667. The van der Waals surface area contributed by atoms with E-state index in [1.807, 2.05) is 11.3 Å². The second-order valence-electron chi connectivity index (χ2n) is 3.79. The van der Waals surface area contributed by atoms with Gasteiger partial charge in [0, 0.05) is 9.75 Å². The molecule has 1 aromatic rings. The Morgan fingerprint density at radius 2 is 1.71 bits per heavy atom. The SMILES string of the molecule is CCCP(CCC)c1cc(C)sc1C. The highest BCUT2D eigenvalue weighted by molar-refractivity contribution is 7.66. The number of rotatable bonds is 5. The molecule has 0 aliphatic carbocycles. The van der Waals surface area contributed by atoms with Crippen molar-refractivity contribution in [3.05, 3.63) is 15.8 Å². The van der Waals surface area contributed by atoms with E-state index in [1.165, 1.54) is 30.0 Å². The van der Waals surface area contributed by atoms with E-state index < -0.39 is 0 Å². The topological polar surface area (TPSA) is 0 Å². The van der Waals surface area contributed by atoms with Crippen LogP contribution in [-0.4, -0.2) is 12.3 Å². The predicted octanol–water partition coefficient (Wildman–Crippen LogP) is 4.29. The minimum atomic E-state index is 0.154. The van der Waals surface area contributed by atoms with Crippen LogP contribution in [-0.2, 0) is 0 Å². The first-order valence-electron chi connectivity index (χ1n) is 5.51. The van der Waals surface area contributed by atoms with Gasteiger partial charge in [-0.2, -0.15) is 0 Å². The molecule has 0 unspecified atom stereocenters. The molecule has 0 spiro atoms. The van der Waals surface area contributed by atoms with E-state index in [0.29, 0.717) is 0 Å². The molecule has 0 aliphatic heterocycles. The molecule has 0 saturated carbocycles. The third-order valence-electron chi connectivity index (χ3n) is 2.34. The molecule has 1 rings (SSSR count). The standard InChI is InChI=1S/C12H21PS/c1-5-7-13(8-6-2)12-9-10(3)14-11(12)4/h9H,5-8H2,1-4H3. The molecule has 0 bridgehead atoms. The monoisotopic (exact) mass is 228 g/mol. The number of hydrogen-bond donors (Lipinski definition) is 0. The van der Waals surface area contributed by atoms with Crippen LogP contribution in [0.15, 0.2) is 6.07 Å². The summed E-state index contributed by atoms with van der Waals surface area (Å²) in [5, 5.41) is 1.69. The van der Waals surface area contributed by atoms with Crippen LogP contribution >= 0.6 is 19.3 Å². The highest BCUT2D eigenvalue weighted by Crippen LogP contribution is 2.39. The zero-order chi connectivity index (χ0) is 10.6. The van der Waals surface area contributed by atoms with E-state index in [1.54, 1.807) is 10.2 Å². The van der Waals surface area contributed by atoms with Crippen molar-refractivity contribution < 1.29 is 0 Å². The van der Waals surface area contributed by atoms with Gasteiger partial charge < -0.3 is 0 Å². The Morgan fingerprint density at radius 1 is 1.14 bits per heavy atom. The summed E-state index contributed by atoms with van der Waals surface area (Å²) in [6, 6.07) is 2.43. The van der Waals surface area contributed by atoms with E-state index in [-0.39, 0.29) is 7.92 Å². The summed E-state index contributed by atoms with van der Waals surface area (Å²) in [5.41, 5.74) is 0. The summed E-state index contributed by atoms with van der Waals surface area (Å²) < 4.78 is 0. The van der Waals surface area contributed by atoms with Gasteiger partial charge in [-0.25, -0.2) is 0 Å². The van der Waals surface area contributed by atoms with Crippen LogP contribution in [0.1, 0.15) is 36.4 Å². The highest BCUT2D eigenvalue weighted by Gasteiger charge is 2.13. The van der Waals surface area contributed by atoms with Crippen LogP contribution in [0.4, 0.5) is 0 Å². The van der Waals surface area contributed by atoms with E-state index >= 15 is 0 Å². The Balaban J connectivity index is 2.80. The Morgan fingerprint density at radius 3 is 2.07 bits per heavy atom. The summed E-state index contributed by atoms with van der Waals surface area (Å²) in [6.07, 6.45) is 5.50. The average molecular weight is 228 g/mol. The van der Waals surface area contributed by atoms with Crippen molar-refractivity contribution in [3.63, 3.8) is 0 Å². The number of hydrogen-bond acceptors (Lipinski definition) is 1. The summed E-state index contributed by atoms with van der Waals surface area (Å²) in [5.74, 6) is 0. The van der Waals surface area contributed by atoms with Crippen molar-refractivity contribution in [2.45, 2.75) is 40.5 Å². The fourth-order valence-electron chi connectivity index (χ4n) is 1.82. The molecular formula is C12H21PS. The van der Waals surface area contributed by atoms with Gasteiger partial charge in [-0.3, -0.25) is 0 Å². The lowest BCUT2D eigenvalue weighted by molar-refractivity contribution is 1.06. The van der Waals surface area contributed by atoms with Gasteiger partial charge in [0.1, 0.15) is 0 Å². The van der Waals surface area contributed by atoms with Crippen LogP contribution in [0.2, 0.25) is 0 Å². The van der Waals surface area contributed by atoms with E-state index in [2.05, 4.69) is 33.8 Å². The molecule has 0 N–H and O–H groups in total. The minimum Gasteiger partial charge on any atom is -0.145 e. The van der Waals surface area contributed by atoms with Gasteiger partial charge in [0.2, 0.25) is 0 Å². The normalized spacial score (nSPS) is 11.2. The Labute approximate surface area is 93.5 Å². The quantitative estimate of drug-likeness (QED) is 0.659. The first kappa shape index (κ1) is 12.2. The Bertz CT molecular complexity index is 272. The molecule has 1 aromatic heterocycles. The summed E-state index contributed by atoms with van der Waals surface area (Å²) in [6.45, 7) is 9.12. The maximum absolute atomic E-state index is 2.43. The van der Waals surface area contributed by atoms with Crippen LogP contribution in [0.5, 0.6) is 0 Å².